The van der Waals surface area contributed by atoms with Gasteiger partial charge in [-0.2, -0.15) is 8.42 Å². The smallest absolute Gasteiger partial charge is 0.448 e. The summed E-state index contributed by atoms with van der Waals surface area (Å²) in [6, 6.07) is 0. The van der Waals surface area contributed by atoms with E-state index in [9.17, 15) is 18.0 Å². The molecule has 0 fully saturated rings. The number of carboxylic acid groups (broad SMARTS) is 1. The fraction of sp³-hybridized carbons (Fsp3) is 0.895. The quantitative estimate of drug-likeness (QED) is 0.175. The van der Waals surface area contributed by atoms with Crippen molar-refractivity contribution in [2.75, 3.05) is 26.4 Å². The van der Waals surface area contributed by atoms with E-state index in [1.165, 1.54) is 45.4 Å². The van der Waals surface area contributed by atoms with Gasteiger partial charge in [-0.3, -0.25) is 14.1 Å². The average molecular weight is 479 g/mol. The molecule has 0 aliphatic heterocycles. The van der Waals surface area contributed by atoms with Crippen molar-refractivity contribution in [1.82, 2.24) is 0 Å². The minimum atomic E-state index is -4.58. The molecule has 0 amide bonds. The molecule has 11 nitrogen and oxygen atoms in total. The molecule has 0 spiro atoms. The van der Waals surface area contributed by atoms with E-state index in [2.05, 4.69) is 18.0 Å². The lowest BCUT2D eigenvalue weighted by atomic mass is 9.93. The molecule has 190 valence electrons. The maximum absolute atomic E-state index is 10.1. The third-order valence-corrected chi connectivity index (χ3v) is 3.98. The Morgan fingerprint density at radius 1 is 0.742 bits per heavy atom. The van der Waals surface area contributed by atoms with Gasteiger partial charge in [-0.25, -0.2) is 0 Å². The van der Waals surface area contributed by atoms with E-state index in [0.717, 1.165) is 0 Å². The first kappa shape index (κ1) is 37.0. The van der Waals surface area contributed by atoms with Crippen molar-refractivity contribution in [3.63, 3.8) is 0 Å². The first-order valence-corrected chi connectivity index (χ1v) is 11.6. The zero-order valence-corrected chi connectivity index (χ0v) is 19.9. The fourth-order valence-corrected chi connectivity index (χ4v) is 1.68. The predicted molar refractivity (Wildman–Crippen MR) is 116 cm³/mol. The van der Waals surface area contributed by atoms with Crippen LogP contribution in [0.3, 0.4) is 0 Å². The molecular weight excluding hydrogens is 436 g/mol. The first-order valence-electron chi connectivity index (χ1n) is 10.2. The molecule has 12 heteroatoms. The standard InChI is InChI=1S/C8H18.C5H12O4.C3H6O5S.C3H6O2/c1-3-5-7-8-6-4-2;6-1-5(2-7,3-8)4-9;1-2-3(4)8-9(5,6)7;1-2-3(4)5/h3-8H2,1-2H3;6-9H,1-4H2;2H2,1H3,(H,5,6,7);2H2,1H3,(H,4,5). The minimum absolute atomic E-state index is 0.0835. The second-order valence-corrected chi connectivity index (χ2v) is 7.55. The highest BCUT2D eigenvalue weighted by Gasteiger charge is 2.26. The van der Waals surface area contributed by atoms with E-state index in [4.69, 9.17) is 30.1 Å². The van der Waals surface area contributed by atoms with Crippen LogP contribution in [-0.2, 0) is 24.2 Å². The van der Waals surface area contributed by atoms with Crippen LogP contribution in [0.4, 0.5) is 0 Å². The Balaban J connectivity index is -0.000000160. The van der Waals surface area contributed by atoms with Crippen molar-refractivity contribution in [3.8, 4) is 0 Å². The van der Waals surface area contributed by atoms with E-state index < -0.39 is 54.2 Å². The highest BCUT2D eigenvalue weighted by molar-refractivity contribution is 7.81. The number of hydrogen-bond acceptors (Lipinski definition) is 9. The van der Waals surface area contributed by atoms with Gasteiger partial charge in [0, 0.05) is 12.8 Å². The van der Waals surface area contributed by atoms with Gasteiger partial charge >= 0.3 is 22.3 Å². The molecular formula is C19H42O11S. The lowest BCUT2D eigenvalue weighted by Gasteiger charge is -2.23. The highest BCUT2D eigenvalue weighted by Crippen LogP contribution is 2.11. The summed E-state index contributed by atoms with van der Waals surface area (Å²) >= 11 is 0. The Kier molecular flexibility index (Phi) is 29.8. The van der Waals surface area contributed by atoms with E-state index in [1.54, 1.807) is 6.92 Å². The maximum atomic E-state index is 10.1. The molecule has 0 aliphatic rings. The summed E-state index contributed by atoms with van der Waals surface area (Å²) < 4.78 is 30.8. The summed E-state index contributed by atoms with van der Waals surface area (Å²) in [6.07, 6.45) is 8.63. The molecule has 0 rings (SSSR count). The van der Waals surface area contributed by atoms with Gasteiger partial charge in [-0.05, 0) is 0 Å². The Hall–Kier alpha value is -1.31. The third-order valence-electron chi connectivity index (χ3n) is 3.59. The number of carbonyl (C=O) groups is 2. The van der Waals surface area contributed by atoms with Crippen LogP contribution in [0.5, 0.6) is 0 Å². The fourth-order valence-electron chi connectivity index (χ4n) is 1.33. The van der Waals surface area contributed by atoms with Crippen molar-refractivity contribution in [1.29, 1.82) is 0 Å². The Morgan fingerprint density at radius 3 is 1.16 bits per heavy atom. The van der Waals surface area contributed by atoms with E-state index >= 15 is 0 Å². The molecule has 0 bridgehead atoms. The number of hydrogen-bond donors (Lipinski definition) is 6. The van der Waals surface area contributed by atoms with Crippen molar-refractivity contribution in [3.05, 3.63) is 0 Å². The number of unbranched alkanes of at least 4 members (excludes halogenated alkanes) is 5. The molecule has 0 atom stereocenters. The van der Waals surface area contributed by atoms with Crippen LogP contribution >= 0.6 is 0 Å². The second-order valence-electron chi connectivity index (χ2n) is 6.53. The predicted octanol–water partition coefficient (Wildman–Crippen LogP) is 1.53. The van der Waals surface area contributed by atoms with Crippen molar-refractivity contribution < 1.29 is 52.3 Å². The number of aliphatic hydroxyl groups is 4. The van der Waals surface area contributed by atoms with Gasteiger partial charge in [-0.15, -0.1) is 0 Å². The average Bonchev–Trinajstić information content (AvgIpc) is 2.73. The van der Waals surface area contributed by atoms with Crippen LogP contribution in [0.1, 0.15) is 79.1 Å². The van der Waals surface area contributed by atoms with Crippen molar-refractivity contribution in [2.24, 2.45) is 5.41 Å². The minimum Gasteiger partial charge on any atom is -0.481 e. The van der Waals surface area contributed by atoms with Gasteiger partial charge in [0.25, 0.3) is 0 Å². The van der Waals surface area contributed by atoms with Gasteiger partial charge in [0.15, 0.2) is 0 Å². The van der Waals surface area contributed by atoms with Crippen LogP contribution < -0.4 is 0 Å². The lowest BCUT2D eigenvalue weighted by Crippen LogP contribution is -2.37. The number of aliphatic carboxylic acids is 1. The van der Waals surface area contributed by atoms with Gasteiger partial charge in [-0.1, -0.05) is 66.2 Å². The normalized spacial score (nSPS) is 10.4. The molecule has 0 heterocycles. The molecule has 0 unspecified atom stereocenters. The summed E-state index contributed by atoms with van der Waals surface area (Å²) in [7, 11) is -4.58. The van der Waals surface area contributed by atoms with E-state index in [1.807, 2.05) is 0 Å². The SMILES string of the molecule is CCC(=O)O.CCC(=O)OS(=O)(=O)O.CCCCCCCC.OCC(CO)(CO)CO. The van der Waals surface area contributed by atoms with Crippen molar-refractivity contribution in [2.45, 2.75) is 79.1 Å². The molecule has 0 saturated carbocycles. The van der Waals surface area contributed by atoms with Crippen LogP contribution in [0.15, 0.2) is 0 Å². The molecule has 0 saturated heterocycles. The van der Waals surface area contributed by atoms with Crippen LogP contribution in [0.25, 0.3) is 0 Å². The van der Waals surface area contributed by atoms with Crippen LogP contribution in [-0.4, -0.2) is 76.9 Å². The van der Waals surface area contributed by atoms with Crippen LogP contribution in [0.2, 0.25) is 0 Å². The van der Waals surface area contributed by atoms with E-state index in [0.29, 0.717) is 0 Å². The van der Waals surface area contributed by atoms with Gasteiger partial charge < -0.3 is 29.7 Å². The van der Waals surface area contributed by atoms with Gasteiger partial charge in [0.1, 0.15) is 0 Å². The van der Waals surface area contributed by atoms with Crippen molar-refractivity contribution >= 4 is 22.3 Å². The summed E-state index contributed by atoms with van der Waals surface area (Å²) in [5.74, 6) is -1.72. The summed E-state index contributed by atoms with van der Waals surface area (Å²) in [5.41, 5.74) is -1.11. The Morgan fingerprint density at radius 2 is 1.06 bits per heavy atom. The Labute approximate surface area is 186 Å². The zero-order chi connectivity index (χ0) is 25.3. The number of carboxylic acids is 1. The number of rotatable bonds is 12. The van der Waals surface area contributed by atoms with Gasteiger partial charge in [0.05, 0.1) is 31.8 Å². The maximum Gasteiger partial charge on any atom is 0.448 e. The zero-order valence-electron chi connectivity index (χ0n) is 19.1. The molecule has 0 aliphatic carbocycles. The largest absolute Gasteiger partial charge is 0.481 e. The van der Waals surface area contributed by atoms with Gasteiger partial charge in [0.2, 0.25) is 0 Å². The molecule has 31 heavy (non-hydrogen) atoms. The van der Waals surface area contributed by atoms with Crippen LogP contribution in [0, 0.1) is 5.41 Å². The summed E-state index contributed by atoms with van der Waals surface area (Å²) in [4.78, 5) is 19.4. The highest BCUT2D eigenvalue weighted by atomic mass is 32.3. The molecule has 6 N–H and O–H groups in total. The first-order chi connectivity index (χ1) is 14.4. The number of carbonyl (C=O) groups excluding carboxylic acids is 1. The number of aliphatic hydroxyl groups excluding tert-OH is 4. The second kappa shape index (κ2) is 25.0. The monoisotopic (exact) mass is 478 g/mol. The van der Waals surface area contributed by atoms with E-state index in [-0.39, 0.29) is 12.8 Å². The lowest BCUT2D eigenvalue weighted by molar-refractivity contribution is -0.137. The molecule has 0 aromatic rings. The summed E-state index contributed by atoms with van der Waals surface area (Å²) in [6.45, 7) is 5.90. The molecule has 0 aromatic carbocycles. The third kappa shape index (κ3) is 33.5. The topological polar surface area (TPSA) is 199 Å². The summed E-state index contributed by atoms with van der Waals surface area (Å²) in [5, 5.41) is 41.7. The molecule has 0 aromatic heterocycles. The Bertz CT molecular complexity index is 479. The molecule has 0 radical (unpaired) electrons.